The smallest absolute Gasteiger partial charge is 0.277 e. The van der Waals surface area contributed by atoms with Gasteiger partial charge in [-0.1, -0.05) is 11.3 Å². The average Bonchev–Trinajstić information content (AvgIpc) is 2.74. The number of carbonyl (C=O) groups excluding carboxylic acids is 1. The number of nitrogens with one attached hydrogen (secondary N) is 1. The summed E-state index contributed by atoms with van der Waals surface area (Å²) in [6.07, 6.45) is 1.43. The summed E-state index contributed by atoms with van der Waals surface area (Å²) < 4.78 is 1.42. The molecule has 2 rings (SSSR count). The highest BCUT2D eigenvalue weighted by Crippen LogP contribution is 2.16. The second-order valence-corrected chi connectivity index (χ2v) is 4.33. The van der Waals surface area contributed by atoms with Crippen LogP contribution in [-0.4, -0.2) is 25.9 Å². The molecule has 0 aliphatic carbocycles. The molecule has 0 saturated carbocycles. The van der Waals surface area contributed by atoms with Gasteiger partial charge in [-0.25, -0.2) is 0 Å². The summed E-state index contributed by atoms with van der Waals surface area (Å²) in [5.41, 5.74) is 6.27. The number of anilines is 2. The number of nitrogens with zero attached hydrogens (tertiary/aromatic N) is 4. The molecule has 2 heterocycles. The first-order valence-electron chi connectivity index (χ1n) is 4.47. The van der Waals surface area contributed by atoms with Gasteiger partial charge in [-0.15, -0.1) is 10.2 Å². The molecule has 0 aromatic carbocycles. The first-order valence-corrected chi connectivity index (χ1v) is 5.28. The minimum Gasteiger partial charge on any atom is -0.396 e. The molecule has 3 N–H and O–H groups in total. The molecule has 0 atom stereocenters. The molecule has 0 saturated heterocycles. The average molecular weight is 238 g/mol. The van der Waals surface area contributed by atoms with Crippen molar-refractivity contribution in [3.63, 3.8) is 0 Å². The third-order valence-electron chi connectivity index (χ3n) is 1.93. The Labute approximate surface area is 95.3 Å². The summed E-state index contributed by atoms with van der Waals surface area (Å²) >= 11 is 1.30. The molecule has 0 bridgehead atoms. The number of nitrogens with two attached hydrogens (primary N) is 1. The molecule has 2 aromatic heterocycles. The number of amides is 1. The maximum Gasteiger partial charge on any atom is 0.277 e. The fourth-order valence-corrected chi connectivity index (χ4v) is 1.82. The second-order valence-electron chi connectivity index (χ2n) is 3.15. The number of nitrogen functional groups attached to an aromatic ring is 1. The van der Waals surface area contributed by atoms with Crippen molar-refractivity contribution in [1.29, 1.82) is 0 Å². The number of hydrogen-bond donors (Lipinski definition) is 2. The monoisotopic (exact) mass is 238 g/mol. The summed E-state index contributed by atoms with van der Waals surface area (Å²) in [7, 11) is 1.65. The highest BCUT2D eigenvalue weighted by molar-refractivity contribution is 7.15. The van der Waals surface area contributed by atoms with Crippen LogP contribution in [0.1, 0.15) is 15.5 Å². The van der Waals surface area contributed by atoms with E-state index in [-0.39, 0.29) is 5.91 Å². The van der Waals surface area contributed by atoms with E-state index in [4.69, 9.17) is 5.73 Å². The SMILES string of the molecule is Cc1nnc(NC(=O)c2c(N)cnn2C)s1. The van der Waals surface area contributed by atoms with Gasteiger partial charge in [0.05, 0.1) is 11.9 Å². The van der Waals surface area contributed by atoms with Crippen LogP contribution in [0.3, 0.4) is 0 Å². The summed E-state index contributed by atoms with van der Waals surface area (Å²) in [6, 6.07) is 0. The third-order valence-corrected chi connectivity index (χ3v) is 2.68. The predicted molar refractivity (Wildman–Crippen MR) is 60.2 cm³/mol. The van der Waals surface area contributed by atoms with E-state index in [2.05, 4.69) is 20.6 Å². The molecule has 0 radical (unpaired) electrons. The number of aromatic nitrogens is 4. The molecule has 0 unspecified atom stereocenters. The molecule has 84 valence electrons. The summed E-state index contributed by atoms with van der Waals surface area (Å²) in [6.45, 7) is 1.81. The lowest BCUT2D eigenvalue weighted by Gasteiger charge is -2.02. The van der Waals surface area contributed by atoms with Crippen molar-refractivity contribution in [2.45, 2.75) is 6.92 Å². The van der Waals surface area contributed by atoms with Crippen molar-refractivity contribution < 1.29 is 4.79 Å². The van der Waals surface area contributed by atoms with Crippen LogP contribution in [-0.2, 0) is 7.05 Å². The maximum atomic E-state index is 11.8. The zero-order valence-electron chi connectivity index (χ0n) is 8.76. The fraction of sp³-hybridized carbons (Fsp3) is 0.250. The Morgan fingerprint density at radius 1 is 1.56 bits per heavy atom. The van der Waals surface area contributed by atoms with Gasteiger partial charge in [-0.3, -0.25) is 14.8 Å². The summed E-state index contributed by atoms with van der Waals surface area (Å²) in [4.78, 5) is 11.8. The molecule has 16 heavy (non-hydrogen) atoms. The first kappa shape index (κ1) is 10.6. The Kier molecular flexibility index (Phi) is 2.57. The number of hydrogen-bond acceptors (Lipinski definition) is 6. The Morgan fingerprint density at radius 2 is 2.31 bits per heavy atom. The number of carbonyl (C=O) groups is 1. The van der Waals surface area contributed by atoms with E-state index >= 15 is 0 Å². The van der Waals surface area contributed by atoms with Crippen molar-refractivity contribution >= 4 is 28.1 Å². The van der Waals surface area contributed by atoms with Crippen LogP contribution in [0.5, 0.6) is 0 Å². The van der Waals surface area contributed by atoms with Gasteiger partial charge < -0.3 is 5.73 Å². The van der Waals surface area contributed by atoms with E-state index in [1.807, 2.05) is 6.92 Å². The van der Waals surface area contributed by atoms with E-state index < -0.39 is 0 Å². The quantitative estimate of drug-likeness (QED) is 0.789. The van der Waals surface area contributed by atoms with Crippen molar-refractivity contribution in [2.24, 2.45) is 7.05 Å². The normalized spacial score (nSPS) is 10.4. The van der Waals surface area contributed by atoms with Crippen LogP contribution >= 0.6 is 11.3 Å². The van der Waals surface area contributed by atoms with E-state index in [0.717, 1.165) is 5.01 Å². The van der Waals surface area contributed by atoms with Crippen LogP contribution in [0.25, 0.3) is 0 Å². The van der Waals surface area contributed by atoms with Gasteiger partial charge in [0.15, 0.2) is 0 Å². The van der Waals surface area contributed by atoms with Crippen LogP contribution < -0.4 is 11.1 Å². The molecule has 8 heteroatoms. The van der Waals surface area contributed by atoms with Crippen LogP contribution in [0.4, 0.5) is 10.8 Å². The lowest BCUT2D eigenvalue weighted by molar-refractivity contribution is 0.101. The molecular formula is C8H10N6OS. The lowest BCUT2D eigenvalue weighted by atomic mass is 10.3. The molecule has 0 fully saturated rings. The van der Waals surface area contributed by atoms with Crippen molar-refractivity contribution in [3.05, 3.63) is 16.9 Å². The summed E-state index contributed by atoms with van der Waals surface area (Å²) in [5, 5.41) is 15.3. The fourth-order valence-electron chi connectivity index (χ4n) is 1.24. The van der Waals surface area contributed by atoms with Gasteiger partial charge in [0.25, 0.3) is 5.91 Å². The molecule has 0 spiro atoms. The Hall–Kier alpha value is -1.96. The van der Waals surface area contributed by atoms with Gasteiger partial charge in [0.2, 0.25) is 5.13 Å². The van der Waals surface area contributed by atoms with Crippen LogP contribution in [0.15, 0.2) is 6.20 Å². The minimum absolute atomic E-state index is 0.313. The van der Waals surface area contributed by atoms with Gasteiger partial charge in [0.1, 0.15) is 10.7 Å². The second kappa shape index (κ2) is 3.89. The van der Waals surface area contributed by atoms with Crippen LogP contribution in [0.2, 0.25) is 0 Å². The lowest BCUT2D eigenvalue weighted by Crippen LogP contribution is -2.17. The Morgan fingerprint density at radius 3 is 2.81 bits per heavy atom. The molecule has 1 amide bonds. The number of rotatable bonds is 2. The van der Waals surface area contributed by atoms with Crippen molar-refractivity contribution in [3.8, 4) is 0 Å². The third kappa shape index (κ3) is 1.87. The zero-order valence-corrected chi connectivity index (χ0v) is 9.58. The van der Waals surface area contributed by atoms with Gasteiger partial charge in [-0.2, -0.15) is 5.10 Å². The van der Waals surface area contributed by atoms with E-state index in [9.17, 15) is 4.79 Å². The molecule has 0 aliphatic heterocycles. The standard InChI is InChI=1S/C8H10N6OS/c1-4-12-13-8(16-4)11-7(15)6-5(9)3-10-14(6)2/h3H,9H2,1-2H3,(H,11,13,15). The van der Waals surface area contributed by atoms with E-state index in [1.54, 1.807) is 7.05 Å². The summed E-state index contributed by atoms with van der Waals surface area (Å²) in [5.74, 6) is -0.339. The van der Waals surface area contributed by atoms with E-state index in [1.165, 1.54) is 22.2 Å². The predicted octanol–water partition coefficient (Wildman–Crippen LogP) is 0.415. The topological polar surface area (TPSA) is 98.7 Å². The first-order chi connectivity index (χ1) is 7.58. The highest BCUT2D eigenvalue weighted by atomic mass is 32.1. The zero-order chi connectivity index (χ0) is 11.7. The van der Waals surface area contributed by atoms with Crippen LogP contribution in [0, 0.1) is 6.92 Å². The van der Waals surface area contributed by atoms with Crippen molar-refractivity contribution in [1.82, 2.24) is 20.0 Å². The molecule has 7 nitrogen and oxygen atoms in total. The largest absolute Gasteiger partial charge is 0.396 e. The van der Waals surface area contributed by atoms with E-state index in [0.29, 0.717) is 16.5 Å². The molecule has 0 aliphatic rings. The molecular weight excluding hydrogens is 228 g/mol. The Balaban J connectivity index is 2.21. The maximum absolute atomic E-state index is 11.8. The molecule has 2 aromatic rings. The highest BCUT2D eigenvalue weighted by Gasteiger charge is 2.16. The van der Waals surface area contributed by atoms with Gasteiger partial charge in [-0.05, 0) is 6.92 Å². The Bertz CT molecular complexity index is 511. The van der Waals surface area contributed by atoms with Gasteiger partial charge in [0, 0.05) is 7.05 Å². The van der Waals surface area contributed by atoms with Crippen molar-refractivity contribution in [2.75, 3.05) is 11.1 Å². The number of aryl methyl sites for hydroxylation is 2. The minimum atomic E-state index is -0.339. The van der Waals surface area contributed by atoms with Gasteiger partial charge >= 0.3 is 0 Å².